The van der Waals surface area contributed by atoms with Crippen molar-refractivity contribution in [1.29, 1.82) is 0 Å². The highest BCUT2D eigenvalue weighted by molar-refractivity contribution is 5.85. The molecule has 0 spiro atoms. The molecular formula is C19H21NO4. The molecule has 2 heterocycles. The number of hydrogen-bond acceptors (Lipinski definition) is 4. The molecule has 1 fully saturated rings. The lowest BCUT2D eigenvalue weighted by Gasteiger charge is -2.23. The summed E-state index contributed by atoms with van der Waals surface area (Å²) in [5, 5.41) is 0. The molecule has 1 saturated heterocycles. The van der Waals surface area contributed by atoms with E-state index in [1.807, 2.05) is 36.4 Å². The van der Waals surface area contributed by atoms with Gasteiger partial charge < -0.3 is 14.1 Å². The molecule has 1 atom stereocenters. The highest BCUT2D eigenvalue weighted by Crippen LogP contribution is 2.21. The van der Waals surface area contributed by atoms with E-state index in [1.54, 1.807) is 17.2 Å². The third-order valence-electron chi connectivity index (χ3n) is 4.23. The van der Waals surface area contributed by atoms with Crippen LogP contribution in [0, 0.1) is 0 Å². The molecule has 0 saturated carbocycles. The number of carbonyl (C=O) groups excluding carboxylic acids is 2. The quantitative estimate of drug-likeness (QED) is 0.765. The Balaban J connectivity index is 1.52. The van der Waals surface area contributed by atoms with Crippen molar-refractivity contribution in [2.75, 3.05) is 6.54 Å². The largest absolute Gasteiger partial charge is 0.469 e. The maximum Gasteiger partial charge on any atom is 0.329 e. The fourth-order valence-corrected chi connectivity index (χ4v) is 2.96. The van der Waals surface area contributed by atoms with E-state index in [2.05, 4.69) is 0 Å². The van der Waals surface area contributed by atoms with Gasteiger partial charge in [0.15, 0.2) is 0 Å². The molecule has 1 aromatic heterocycles. The predicted molar refractivity (Wildman–Crippen MR) is 88.0 cm³/mol. The van der Waals surface area contributed by atoms with Crippen molar-refractivity contribution >= 4 is 11.9 Å². The Morgan fingerprint density at radius 3 is 2.75 bits per heavy atom. The molecule has 1 aromatic carbocycles. The van der Waals surface area contributed by atoms with E-state index >= 15 is 0 Å². The van der Waals surface area contributed by atoms with Gasteiger partial charge in [0.25, 0.3) is 0 Å². The van der Waals surface area contributed by atoms with Gasteiger partial charge in [0.1, 0.15) is 18.4 Å². The maximum absolute atomic E-state index is 12.4. The van der Waals surface area contributed by atoms with E-state index in [0.29, 0.717) is 25.8 Å². The summed E-state index contributed by atoms with van der Waals surface area (Å²) in [6.45, 7) is 0.854. The zero-order valence-electron chi connectivity index (χ0n) is 13.5. The molecule has 24 heavy (non-hydrogen) atoms. The predicted octanol–water partition coefficient (Wildman–Crippen LogP) is 2.95. The number of benzene rings is 1. The Kier molecular flexibility index (Phi) is 5.31. The molecule has 0 radical (unpaired) electrons. The molecular weight excluding hydrogens is 306 g/mol. The SMILES string of the molecule is O=C(OCc1ccccc1)[C@H]1CCCN1C(=O)CCc1ccco1. The Labute approximate surface area is 141 Å². The first-order valence-electron chi connectivity index (χ1n) is 8.26. The summed E-state index contributed by atoms with van der Waals surface area (Å²) in [6.07, 6.45) is 3.99. The fraction of sp³-hybridized carbons (Fsp3) is 0.368. The summed E-state index contributed by atoms with van der Waals surface area (Å²) in [5.74, 6) is 0.444. The summed E-state index contributed by atoms with van der Waals surface area (Å²) >= 11 is 0. The van der Waals surface area contributed by atoms with Gasteiger partial charge in [0, 0.05) is 19.4 Å². The van der Waals surface area contributed by atoms with Crippen molar-refractivity contribution in [1.82, 2.24) is 4.90 Å². The minimum Gasteiger partial charge on any atom is -0.469 e. The Hall–Kier alpha value is -2.56. The van der Waals surface area contributed by atoms with Crippen LogP contribution in [0.1, 0.15) is 30.6 Å². The van der Waals surface area contributed by atoms with Crippen LogP contribution in [0.5, 0.6) is 0 Å². The number of carbonyl (C=O) groups is 2. The molecule has 3 rings (SSSR count). The van der Waals surface area contributed by atoms with Crippen LogP contribution < -0.4 is 0 Å². The van der Waals surface area contributed by atoms with Crippen molar-refractivity contribution in [3.05, 3.63) is 60.1 Å². The summed E-state index contributed by atoms with van der Waals surface area (Å²) in [5.41, 5.74) is 0.944. The number of rotatable bonds is 6. The molecule has 1 amide bonds. The molecule has 5 heteroatoms. The van der Waals surface area contributed by atoms with Gasteiger partial charge in [-0.1, -0.05) is 30.3 Å². The zero-order valence-corrected chi connectivity index (χ0v) is 13.5. The van der Waals surface area contributed by atoms with E-state index in [9.17, 15) is 9.59 Å². The average molecular weight is 327 g/mol. The maximum atomic E-state index is 12.4. The van der Waals surface area contributed by atoms with Crippen molar-refractivity contribution in [3.63, 3.8) is 0 Å². The first-order chi connectivity index (χ1) is 11.7. The molecule has 1 aliphatic heterocycles. The van der Waals surface area contributed by atoms with Crippen molar-refractivity contribution in [3.8, 4) is 0 Å². The molecule has 1 aliphatic rings. The third kappa shape index (κ3) is 4.04. The topological polar surface area (TPSA) is 59.8 Å². The molecule has 2 aromatic rings. The van der Waals surface area contributed by atoms with Crippen LogP contribution in [-0.4, -0.2) is 29.4 Å². The Bertz CT molecular complexity index is 666. The van der Waals surface area contributed by atoms with Gasteiger partial charge in [-0.25, -0.2) is 4.79 Å². The normalized spacial score (nSPS) is 17.0. The van der Waals surface area contributed by atoms with Gasteiger partial charge in [0.2, 0.25) is 5.91 Å². The second-order valence-corrected chi connectivity index (χ2v) is 5.92. The number of likely N-dealkylation sites (tertiary alicyclic amines) is 1. The number of hydrogen-bond donors (Lipinski definition) is 0. The number of ether oxygens (including phenoxy) is 1. The molecule has 5 nitrogen and oxygen atoms in total. The third-order valence-corrected chi connectivity index (χ3v) is 4.23. The minimum atomic E-state index is -0.460. The number of esters is 1. The lowest BCUT2D eigenvalue weighted by molar-refractivity contribution is -0.154. The van der Waals surface area contributed by atoms with Gasteiger partial charge in [-0.2, -0.15) is 0 Å². The van der Waals surface area contributed by atoms with Crippen LogP contribution >= 0.6 is 0 Å². The van der Waals surface area contributed by atoms with Crippen molar-refractivity contribution in [2.45, 2.75) is 38.3 Å². The number of nitrogens with zero attached hydrogens (tertiary/aromatic N) is 1. The lowest BCUT2D eigenvalue weighted by atomic mass is 10.2. The lowest BCUT2D eigenvalue weighted by Crippen LogP contribution is -2.41. The van der Waals surface area contributed by atoms with E-state index in [0.717, 1.165) is 17.7 Å². The average Bonchev–Trinajstić information content (AvgIpc) is 3.30. The number of amides is 1. The first-order valence-corrected chi connectivity index (χ1v) is 8.26. The monoisotopic (exact) mass is 327 g/mol. The van der Waals surface area contributed by atoms with Gasteiger partial charge in [0.05, 0.1) is 6.26 Å². The van der Waals surface area contributed by atoms with E-state index in [4.69, 9.17) is 9.15 Å². The van der Waals surface area contributed by atoms with Gasteiger partial charge in [-0.05, 0) is 30.5 Å². The van der Waals surface area contributed by atoms with E-state index in [-0.39, 0.29) is 18.5 Å². The second kappa shape index (κ2) is 7.81. The molecule has 0 bridgehead atoms. The number of aryl methyl sites for hydroxylation is 1. The molecule has 126 valence electrons. The highest BCUT2D eigenvalue weighted by atomic mass is 16.5. The summed E-state index contributed by atoms with van der Waals surface area (Å²) < 4.78 is 10.6. The Morgan fingerprint density at radius 1 is 1.17 bits per heavy atom. The molecule has 0 unspecified atom stereocenters. The number of furan rings is 1. The fourth-order valence-electron chi connectivity index (χ4n) is 2.96. The van der Waals surface area contributed by atoms with Crippen molar-refractivity contribution < 1.29 is 18.7 Å². The highest BCUT2D eigenvalue weighted by Gasteiger charge is 2.34. The van der Waals surface area contributed by atoms with Crippen LogP contribution in [0.3, 0.4) is 0 Å². The van der Waals surface area contributed by atoms with Crippen LogP contribution in [-0.2, 0) is 27.4 Å². The van der Waals surface area contributed by atoms with Crippen LogP contribution in [0.15, 0.2) is 53.1 Å². The molecule has 0 N–H and O–H groups in total. The summed E-state index contributed by atoms with van der Waals surface area (Å²) in [6, 6.07) is 12.7. The summed E-state index contributed by atoms with van der Waals surface area (Å²) in [4.78, 5) is 26.4. The van der Waals surface area contributed by atoms with Gasteiger partial charge >= 0.3 is 5.97 Å². The zero-order chi connectivity index (χ0) is 16.8. The minimum absolute atomic E-state index is 0.0226. The van der Waals surface area contributed by atoms with E-state index in [1.165, 1.54) is 0 Å². The van der Waals surface area contributed by atoms with Crippen LogP contribution in [0.25, 0.3) is 0 Å². The van der Waals surface area contributed by atoms with Gasteiger partial charge in [-0.15, -0.1) is 0 Å². The van der Waals surface area contributed by atoms with Crippen molar-refractivity contribution in [2.24, 2.45) is 0 Å². The second-order valence-electron chi connectivity index (χ2n) is 5.92. The van der Waals surface area contributed by atoms with Crippen LogP contribution in [0.4, 0.5) is 0 Å². The van der Waals surface area contributed by atoms with E-state index < -0.39 is 6.04 Å². The Morgan fingerprint density at radius 2 is 2.00 bits per heavy atom. The first kappa shape index (κ1) is 16.3. The standard InChI is InChI=1S/C19H21NO4/c21-18(11-10-16-8-5-13-23-16)20-12-4-9-17(20)19(22)24-14-15-6-2-1-3-7-15/h1-3,5-8,13,17H,4,9-12,14H2/t17-/m1/s1. The smallest absolute Gasteiger partial charge is 0.329 e. The summed E-state index contributed by atoms with van der Waals surface area (Å²) in [7, 11) is 0. The van der Waals surface area contributed by atoms with Crippen LogP contribution in [0.2, 0.25) is 0 Å². The van der Waals surface area contributed by atoms with Gasteiger partial charge in [-0.3, -0.25) is 4.79 Å². The molecule has 0 aliphatic carbocycles.